The summed E-state index contributed by atoms with van der Waals surface area (Å²) in [6, 6.07) is 11.4. The van der Waals surface area contributed by atoms with Gasteiger partial charge in [0.1, 0.15) is 5.60 Å². The third-order valence-electron chi connectivity index (χ3n) is 5.96. The summed E-state index contributed by atoms with van der Waals surface area (Å²) < 4.78 is 5.49. The highest BCUT2D eigenvalue weighted by Gasteiger charge is 2.53. The lowest BCUT2D eigenvalue weighted by Crippen LogP contribution is -2.58. The highest BCUT2D eigenvalue weighted by molar-refractivity contribution is 5.69. The molecule has 25 heavy (non-hydrogen) atoms. The lowest BCUT2D eigenvalue weighted by molar-refractivity contribution is -0.0327. The van der Waals surface area contributed by atoms with E-state index in [0.717, 1.165) is 13.1 Å². The van der Waals surface area contributed by atoms with Crippen molar-refractivity contribution in [2.45, 2.75) is 70.1 Å². The van der Waals surface area contributed by atoms with Gasteiger partial charge in [-0.1, -0.05) is 30.3 Å². The van der Waals surface area contributed by atoms with Crippen molar-refractivity contribution in [2.75, 3.05) is 13.1 Å². The smallest absolute Gasteiger partial charge is 0.410 e. The molecule has 0 bridgehead atoms. The molecule has 1 atom stereocenters. The molecule has 1 spiro atoms. The van der Waals surface area contributed by atoms with Crippen LogP contribution in [0, 0.1) is 5.41 Å². The fourth-order valence-electron chi connectivity index (χ4n) is 4.63. The van der Waals surface area contributed by atoms with Crippen LogP contribution in [-0.4, -0.2) is 35.7 Å². The van der Waals surface area contributed by atoms with E-state index in [1.165, 1.54) is 37.7 Å². The molecule has 0 radical (unpaired) electrons. The SMILES string of the molecule is CC(C)(C)OC(=O)N1CC2(CCC(NC3(c4ccccc4)CC3)C2)C1. The minimum absolute atomic E-state index is 0.155. The van der Waals surface area contributed by atoms with Crippen LogP contribution in [0.1, 0.15) is 58.4 Å². The standard InChI is InChI=1S/C21H30N2O2/c1-19(2,3)25-18(24)23-14-20(15-23)10-9-17(13-20)22-21(11-12-21)16-7-5-4-6-8-16/h4-8,17,22H,9-15H2,1-3H3. The van der Waals surface area contributed by atoms with E-state index in [2.05, 4.69) is 35.6 Å². The van der Waals surface area contributed by atoms with Crippen molar-refractivity contribution in [3.63, 3.8) is 0 Å². The summed E-state index contributed by atoms with van der Waals surface area (Å²) in [7, 11) is 0. The number of carbonyl (C=O) groups excluding carboxylic acids is 1. The number of nitrogens with zero attached hydrogens (tertiary/aromatic N) is 1. The van der Waals surface area contributed by atoms with E-state index in [1.54, 1.807) is 0 Å². The quantitative estimate of drug-likeness (QED) is 0.901. The van der Waals surface area contributed by atoms with Crippen LogP contribution in [0.25, 0.3) is 0 Å². The minimum Gasteiger partial charge on any atom is -0.444 e. The predicted octanol–water partition coefficient (Wildman–Crippen LogP) is 4.05. The Morgan fingerprint density at radius 2 is 1.84 bits per heavy atom. The first-order chi connectivity index (χ1) is 11.8. The van der Waals surface area contributed by atoms with Gasteiger partial charge >= 0.3 is 6.09 Å². The summed E-state index contributed by atoms with van der Waals surface area (Å²) in [6.45, 7) is 7.49. The van der Waals surface area contributed by atoms with Crippen LogP contribution < -0.4 is 5.32 Å². The molecule has 1 unspecified atom stereocenters. The van der Waals surface area contributed by atoms with Crippen LogP contribution in [0.4, 0.5) is 4.79 Å². The summed E-state index contributed by atoms with van der Waals surface area (Å²) in [4.78, 5) is 14.0. The van der Waals surface area contributed by atoms with Crippen molar-refractivity contribution in [2.24, 2.45) is 5.41 Å². The Balaban J connectivity index is 1.31. The lowest BCUT2D eigenvalue weighted by Gasteiger charge is -2.48. The van der Waals surface area contributed by atoms with E-state index in [9.17, 15) is 4.79 Å². The van der Waals surface area contributed by atoms with E-state index < -0.39 is 5.60 Å². The zero-order valence-electron chi connectivity index (χ0n) is 15.7. The monoisotopic (exact) mass is 342 g/mol. The van der Waals surface area contributed by atoms with Crippen molar-refractivity contribution in [1.29, 1.82) is 0 Å². The van der Waals surface area contributed by atoms with Gasteiger partial charge in [-0.2, -0.15) is 0 Å². The number of ether oxygens (including phenoxy) is 1. The third-order valence-corrected chi connectivity index (χ3v) is 5.96. The van der Waals surface area contributed by atoms with Gasteiger partial charge in [0.15, 0.2) is 0 Å². The molecule has 1 aliphatic heterocycles. The number of nitrogens with one attached hydrogen (secondary N) is 1. The largest absolute Gasteiger partial charge is 0.444 e. The molecule has 2 saturated carbocycles. The number of hydrogen-bond acceptors (Lipinski definition) is 3. The maximum absolute atomic E-state index is 12.2. The topological polar surface area (TPSA) is 41.6 Å². The van der Waals surface area contributed by atoms with Gasteiger partial charge in [-0.15, -0.1) is 0 Å². The first-order valence-electron chi connectivity index (χ1n) is 9.61. The van der Waals surface area contributed by atoms with Crippen molar-refractivity contribution < 1.29 is 9.53 Å². The Hall–Kier alpha value is -1.55. The summed E-state index contributed by atoms with van der Waals surface area (Å²) >= 11 is 0. The first kappa shape index (κ1) is 16.9. The average molecular weight is 342 g/mol. The second-order valence-electron chi connectivity index (χ2n) is 9.37. The molecule has 1 N–H and O–H groups in total. The molecule has 1 saturated heterocycles. The van der Waals surface area contributed by atoms with Crippen molar-refractivity contribution in [1.82, 2.24) is 10.2 Å². The Labute approximate surface area is 150 Å². The zero-order valence-corrected chi connectivity index (χ0v) is 15.7. The van der Waals surface area contributed by atoms with E-state index in [0.29, 0.717) is 11.5 Å². The van der Waals surface area contributed by atoms with Gasteiger partial charge in [0.05, 0.1) is 0 Å². The van der Waals surface area contributed by atoms with Gasteiger partial charge in [-0.25, -0.2) is 4.79 Å². The normalized spacial score (nSPS) is 26.4. The van der Waals surface area contributed by atoms with Gasteiger partial charge in [0, 0.05) is 30.1 Å². The van der Waals surface area contributed by atoms with Gasteiger partial charge in [-0.05, 0) is 58.4 Å². The molecule has 1 heterocycles. The number of benzene rings is 1. The van der Waals surface area contributed by atoms with Gasteiger partial charge < -0.3 is 15.0 Å². The predicted molar refractivity (Wildman–Crippen MR) is 98.4 cm³/mol. The number of likely N-dealkylation sites (tertiary alicyclic amines) is 1. The Morgan fingerprint density at radius 1 is 1.16 bits per heavy atom. The molecule has 4 heteroatoms. The van der Waals surface area contributed by atoms with Crippen LogP contribution in [0.5, 0.6) is 0 Å². The summed E-state index contributed by atoms with van der Waals surface area (Å²) in [5.74, 6) is 0. The molecule has 3 aliphatic rings. The molecule has 1 aromatic carbocycles. The third kappa shape index (κ3) is 3.41. The molecule has 136 valence electrons. The minimum atomic E-state index is -0.409. The first-order valence-corrected chi connectivity index (χ1v) is 9.61. The van der Waals surface area contributed by atoms with Crippen molar-refractivity contribution >= 4 is 6.09 Å². The van der Waals surface area contributed by atoms with E-state index >= 15 is 0 Å². The molecular formula is C21H30N2O2. The summed E-state index contributed by atoms with van der Waals surface area (Å²) in [6.07, 6.45) is 5.94. The van der Waals surface area contributed by atoms with E-state index in [-0.39, 0.29) is 11.6 Å². The summed E-state index contributed by atoms with van der Waals surface area (Å²) in [5.41, 5.74) is 1.56. The molecule has 0 aromatic heterocycles. The maximum Gasteiger partial charge on any atom is 0.410 e. The second-order valence-corrected chi connectivity index (χ2v) is 9.37. The lowest BCUT2D eigenvalue weighted by atomic mass is 9.78. The molecule has 1 amide bonds. The molecular weight excluding hydrogens is 312 g/mol. The average Bonchev–Trinajstić information content (AvgIpc) is 3.16. The Morgan fingerprint density at radius 3 is 2.44 bits per heavy atom. The molecule has 2 aliphatic carbocycles. The molecule has 1 aromatic rings. The fourth-order valence-corrected chi connectivity index (χ4v) is 4.63. The van der Waals surface area contributed by atoms with Crippen LogP contribution in [0.15, 0.2) is 30.3 Å². The van der Waals surface area contributed by atoms with Crippen LogP contribution in [0.3, 0.4) is 0 Å². The van der Waals surface area contributed by atoms with Crippen molar-refractivity contribution in [3.05, 3.63) is 35.9 Å². The van der Waals surface area contributed by atoms with Gasteiger partial charge in [0.2, 0.25) is 0 Å². The van der Waals surface area contributed by atoms with E-state index in [4.69, 9.17) is 4.74 Å². The van der Waals surface area contributed by atoms with Crippen LogP contribution >= 0.6 is 0 Å². The number of carbonyl (C=O) groups is 1. The number of rotatable bonds is 3. The highest BCUT2D eigenvalue weighted by atomic mass is 16.6. The Kier molecular flexibility index (Phi) is 3.87. The zero-order chi connectivity index (χ0) is 17.7. The fraction of sp³-hybridized carbons (Fsp3) is 0.667. The van der Waals surface area contributed by atoms with Gasteiger partial charge in [-0.3, -0.25) is 0 Å². The Bertz CT molecular complexity index is 640. The highest BCUT2D eigenvalue weighted by Crippen LogP contribution is 2.50. The second kappa shape index (κ2) is 5.73. The number of hydrogen-bond donors (Lipinski definition) is 1. The molecule has 4 rings (SSSR count). The van der Waals surface area contributed by atoms with Crippen molar-refractivity contribution in [3.8, 4) is 0 Å². The van der Waals surface area contributed by atoms with E-state index in [1.807, 2.05) is 25.7 Å². The molecule has 3 fully saturated rings. The van der Waals surface area contributed by atoms with Crippen LogP contribution in [-0.2, 0) is 10.3 Å². The van der Waals surface area contributed by atoms with Gasteiger partial charge in [0.25, 0.3) is 0 Å². The van der Waals surface area contributed by atoms with Crippen LogP contribution in [0.2, 0.25) is 0 Å². The molecule has 4 nitrogen and oxygen atoms in total. The maximum atomic E-state index is 12.2. The summed E-state index contributed by atoms with van der Waals surface area (Å²) in [5, 5.41) is 3.95. The number of amides is 1.